The van der Waals surface area contributed by atoms with Crippen molar-refractivity contribution in [2.24, 2.45) is 4.99 Å². The second-order valence-corrected chi connectivity index (χ2v) is 9.70. The van der Waals surface area contributed by atoms with Gasteiger partial charge in [0.1, 0.15) is 11.7 Å². The van der Waals surface area contributed by atoms with Gasteiger partial charge < -0.3 is 10.4 Å². The molecule has 0 saturated heterocycles. The number of hydrogen-bond acceptors (Lipinski definition) is 5. The summed E-state index contributed by atoms with van der Waals surface area (Å²) >= 11 is 0. The Morgan fingerprint density at radius 1 is 1.09 bits per heavy atom. The largest absolute Gasteiger partial charge is 0.481 e. The predicted octanol–water partition coefficient (Wildman–Crippen LogP) is 3.71. The second kappa shape index (κ2) is 8.59. The molecule has 0 radical (unpaired) electrons. The van der Waals surface area contributed by atoms with Gasteiger partial charge in [-0.15, -0.1) is 0 Å². The van der Waals surface area contributed by atoms with Gasteiger partial charge in [0.25, 0.3) is 0 Å². The molecule has 9 heteroatoms. The molecule has 1 amide bonds. The Bertz CT molecular complexity index is 1400. The maximum Gasteiger partial charge on any atom is 0.307 e. The lowest BCUT2D eigenvalue weighted by Gasteiger charge is -2.15. The summed E-state index contributed by atoms with van der Waals surface area (Å²) in [5.74, 6) is -2.75. The molecule has 0 spiro atoms. The van der Waals surface area contributed by atoms with E-state index in [1.807, 2.05) is 0 Å². The number of nitrogens with one attached hydrogen (secondary N) is 1. The molecule has 168 valence electrons. The van der Waals surface area contributed by atoms with Crippen LogP contribution in [0.5, 0.6) is 0 Å². The van der Waals surface area contributed by atoms with E-state index in [1.54, 1.807) is 24.3 Å². The predicted molar refractivity (Wildman–Crippen MR) is 121 cm³/mol. The fourth-order valence-corrected chi connectivity index (χ4v) is 4.35. The topological polar surface area (TPSA) is 113 Å². The van der Waals surface area contributed by atoms with Gasteiger partial charge in [-0.25, -0.2) is 12.8 Å². The number of rotatable bonds is 6. The average molecular weight is 466 g/mol. The number of carboxylic acid groups (broad SMARTS) is 1. The fourth-order valence-electron chi connectivity index (χ4n) is 3.72. The zero-order valence-corrected chi connectivity index (χ0v) is 18.3. The number of sulfone groups is 1. The minimum Gasteiger partial charge on any atom is -0.481 e. The van der Waals surface area contributed by atoms with E-state index in [9.17, 15) is 22.4 Å². The van der Waals surface area contributed by atoms with Gasteiger partial charge in [-0.3, -0.25) is 14.6 Å². The van der Waals surface area contributed by atoms with Crippen LogP contribution in [0.1, 0.15) is 22.6 Å². The molecule has 1 aliphatic rings. The standard InChI is InChI=1S/C24H19FN2O5S/c1-33(31,32)18-8-6-17(7-9-18)26-23(15-4-2-3-14(11-15)12-21(28)29)22-19-10-5-16(25)13-20(19)27-24(22)30/h2-11,13,22H,12H2,1H3,(H,27,30)(H,28,29). The molecule has 0 aromatic heterocycles. The first kappa shape index (κ1) is 22.3. The van der Waals surface area contributed by atoms with Crippen LogP contribution < -0.4 is 5.32 Å². The molecule has 1 atom stereocenters. The molecule has 1 heterocycles. The Labute approximate surface area is 189 Å². The van der Waals surface area contributed by atoms with Crippen LogP contribution in [0.25, 0.3) is 0 Å². The summed E-state index contributed by atoms with van der Waals surface area (Å²) in [6, 6.07) is 16.6. The van der Waals surface area contributed by atoms with Gasteiger partial charge in [-0.2, -0.15) is 0 Å². The number of benzene rings is 3. The van der Waals surface area contributed by atoms with E-state index in [0.717, 1.165) is 6.26 Å². The minimum absolute atomic E-state index is 0.130. The lowest BCUT2D eigenvalue weighted by molar-refractivity contribution is -0.136. The highest BCUT2D eigenvalue weighted by Crippen LogP contribution is 2.37. The molecular formula is C24H19FN2O5S. The maximum absolute atomic E-state index is 13.7. The van der Waals surface area contributed by atoms with Crippen LogP contribution in [-0.2, 0) is 25.8 Å². The van der Waals surface area contributed by atoms with Gasteiger partial charge >= 0.3 is 5.97 Å². The molecule has 0 aliphatic carbocycles. The number of amides is 1. The van der Waals surface area contributed by atoms with Crippen molar-refractivity contribution in [2.45, 2.75) is 17.2 Å². The zero-order chi connectivity index (χ0) is 23.8. The van der Waals surface area contributed by atoms with Crippen molar-refractivity contribution in [1.82, 2.24) is 0 Å². The molecule has 33 heavy (non-hydrogen) atoms. The van der Waals surface area contributed by atoms with Gasteiger partial charge in [-0.1, -0.05) is 24.3 Å². The van der Waals surface area contributed by atoms with Gasteiger partial charge in [0.15, 0.2) is 9.84 Å². The van der Waals surface area contributed by atoms with Crippen molar-refractivity contribution < 1.29 is 27.5 Å². The van der Waals surface area contributed by atoms with Gasteiger partial charge in [-0.05, 0) is 59.2 Å². The molecule has 7 nitrogen and oxygen atoms in total. The third-order valence-electron chi connectivity index (χ3n) is 5.21. The number of hydrogen-bond donors (Lipinski definition) is 2. The van der Waals surface area contributed by atoms with Crippen LogP contribution in [0.2, 0.25) is 0 Å². The second-order valence-electron chi connectivity index (χ2n) is 7.69. The lowest BCUT2D eigenvalue weighted by atomic mass is 9.89. The molecule has 4 rings (SSSR count). The Morgan fingerprint density at radius 2 is 1.82 bits per heavy atom. The van der Waals surface area contributed by atoms with Crippen LogP contribution in [0.4, 0.5) is 15.8 Å². The van der Waals surface area contributed by atoms with Crippen molar-refractivity contribution in [1.29, 1.82) is 0 Å². The number of carbonyl (C=O) groups excluding carboxylic acids is 1. The lowest BCUT2D eigenvalue weighted by Crippen LogP contribution is -2.22. The highest BCUT2D eigenvalue weighted by atomic mass is 32.2. The molecule has 0 fully saturated rings. The first-order chi connectivity index (χ1) is 15.6. The summed E-state index contributed by atoms with van der Waals surface area (Å²) < 4.78 is 37.2. The number of carbonyl (C=O) groups is 2. The van der Waals surface area contributed by atoms with E-state index >= 15 is 0 Å². The summed E-state index contributed by atoms with van der Waals surface area (Å²) in [5, 5.41) is 11.8. The monoisotopic (exact) mass is 466 g/mol. The Kier molecular flexibility index (Phi) is 5.82. The normalized spacial score (nSPS) is 15.8. The van der Waals surface area contributed by atoms with Crippen molar-refractivity contribution >= 4 is 38.8 Å². The maximum atomic E-state index is 13.7. The number of halogens is 1. The minimum atomic E-state index is -3.39. The number of anilines is 1. The summed E-state index contributed by atoms with van der Waals surface area (Å²) in [6.07, 6.45) is 0.895. The SMILES string of the molecule is CS(=O)(=O)c1ccc(N=C(c2cccc(CC(=O)O)c2)C2C(=O)Nc3cc(F)ccc32)cc1. The van der Waals surface area contributed by atoms with Crippen LogP contribution in [0.3, 0.4) is 0 Å². The van der Waals surface area contributed by atoms with Crippen LogP contribution in [0.15, 0.2) is 76.6 Å². The van der Waals surface area contributed by atoms with E-state index in [1.165, 1.54) is 42.5 Å². The van der Waals surface area contributed by atoms with Gasteiger partial charge in [0.2, 0.25) is 5.91 Å². The van der Waals surface area contributed by atoms with Crippen molar-refractivity contribution in [3.63, 3.8) is 0 Å². The van der Waals surface area contributed by atoms with Gasteiger partial charge in [0, 0.05) is 11.9 Å². The third-order valence-corrected chi connectivity index (χ3v) is 6.34. The average Bonchev–Trinajstić information content (AvgIpc) is 3.06. The molecule has 3 aromatic rings. The molecular weight excluding hydrogens is 447 g/mol. The van der Waals surface area contributed by atoms with E-state index in [2.05, 4.69) is 10.3 Å². The first-order valence-electron chi connectivity index (χ1n) is 9.92. The third kappa shape index (κ3) is 4.83. The summed E-state index contributed by atoms with van der Waals surface area (Å²) in [5.41, 5.74) is 2.67. The smallest absolute Gasteiger partial charge is 0.307 e. The van der Waals surface area contributed by atoms with Crippen molar-refractivity contribution in [3.05, 3.63) is 89.2 Å². The highest BCUT2D eigenvalue weighted by molar-refractivity contribution is 7.90. The molecule has 0 saturated carbocycles. The first-order valence-corrected chi connectivity index (χ1v) is 11.8. The molecule has 0 bridgehead atoms. The van der Waals surface area contributed by atoms with Crippen molar-refractivity contribution in [3.8, 4) is 0 Å². The Morgan fingerprint density at radius 3 is 2.48 bits per heavy atom. The Hall–Kier alpha value is -3.85. The zero-order valence-electron chi connectivity index (χ0n) is 17.4. The van der Waals surface area contributed by atoms with E-state index < -0.39 is 33.4 Å². The van der Waals surface area contributed by atoms with Crippen LogP contribution in [0, 0.1) is 5.82 Å². The Balaban J connectivity index is 1.86. The van der Waals surface area contributed by atoms with E-state index in [-0.39, 0.29) is 11.3 Å². The van der Waals surface area contributed by atoms with Crippen LogP contribution in [-0.4, -0.2) is 37.4 Å². The number of aliphatic carboxylic acids is 1. The van der Waals surface area contributed by atoms with Crippen molar-refractivity contribution in [2.75, 3.05) is 11.6 Å². The fraction of sp³-hybridized carbons (Fsp3) is 0.125. The van der Waals surface area contributed by atoms with E-state index in [0.29, 0.717) is 33.8 Å². The summed E-state index contributed by atoms with van der Waals surface area (Å²) in [7, 11) is -3.39. The quantitative estimate of drug-likeness (QED) is 0.538. The molecule has 1 unspecified atom stereocenters. The van der Waals surface area contributed by atoms with E-state index in [4.69, 9.17) is 5.11 Å². The number of aliphatic imine (C=N–C) groups is 1. The number of nitrogens with zero attached hydrogens (tertiary/aromatic N) is 1. The van der Waals surface area contributed by atoms with Crippen LogP contribution >= 0.6 is 0 Å². The number of carboxylic acids is 1. The highest BCUT2D eigenvalue weighted by Gasteiger charge is 2.35. The summed E-state index contributed by atoms with van der Waals surface area (Å²) in [4.78, 5) is 28.9. The van der Waals surface area contributed by atoms with Gasteiger partial charge in [0.05, 0.1) is 22.7 Å². The molecule has 3 aromatic carbocycles. The molecule has 2 N–H and O–H groups in total. The molecule has 1 aliphatic heterocycles. The summed E-state index contributed by atoms with van der Waals surface area (Å²) in [6.45, 7) is 0. The number of fused-ring (bicyclic) bond motifs is 1.